The van der Waals surface area contributed by atoms with Gasteiger partial charge in [-0.25, -0.2) is 8.42 Å². The van der Waals surface area contributed by atoms with Crippen LogP contribution in [0.1, 0.15) is 32.8 Å². The summed E-state index contributed by atoms with van der Waals surface area (Å²) in [5.41, 5.74) is 1.00. The number of sulfonamides is 1. The van der Waals surface area contributed by atoms with Crippen LogP contribution >= 0.6 is 0 Å². The van der Waals surface area contributed by atoms with Gasteiger partial charge in [-0.3, -0.25) is 9.10 Å². The second-order valence-corrected chi connectivity index (χ2v) is 7.19. The normalized spacial score (nSPS) is 12.0. The maximum Gasteiger partial charge on any atom is 0.263 e. The van der Waals surface area contributed by atoms with Crippen LogP contribution in [-0.4, -0.2) is 25.1 Å². The Hall–Kier alpha value is -1.62. The third kappa shape index (κ3) is 4.70. The quantitative estimate of drug-likeness (QED) is 0.727. The molecule has 0 aromatic heterocycles. The molecule has 0 aliphatic carbocycles. The van der Waals surface area contributed by atoms with E-state index in [9.17, 15) is 13.2 Å². The van der Waals surface area contributed by atoms with E-state index in [1.54, 1.807) is 38.1 Å². The molecule has 0 aliphatic rings. The van der Waals surface area contributed by atoms with Crippen molar-refractivity contribution in [3.63, 3.8) is 0 Å². The SMILES string of the molecule is CCCN(/C=C/C(=O)C(C)C)S(=O)(=O)c1ccc(C)cc1. The molecule has 0 aliphatic heterocycles. The minimum Gasteiger partial charge on any atom is -0.295 e. The van der Waals surface area contributed by atoms with E-state index in [0.29, 0.717) is 13.0 Å². The summed E-state index contributed by atoms with van der Waals surface area (Å²) in [6.45, 7) is 7.71. The van der Waals surface area contributed by atoms with Crippen LogP contribution in [0.25, 0.3) is 0 Å². The Morgan fingerprint density at radius 2 is 1.81 bits per heavy atom. The van der Waals surface area contributed by atoms with Gasteiger partial charge in [-0.15, -0.1) is 0 Å². The van der Waals surface area contributed by atoms with Crippen molar-refractivity contribution in [2.24, 2.45) is 5.92 Å². The molecule has 1 aromatic carbocycles. The summed E-state index contributed by atoms with van der Waals surface area (Å²) in [5.74, 6) is -0.234. The number of hydrogen-bond donors (Lipinski definition) is 0. The number of benzene rings is 1. The number of carbonyl (C=O) groups excluding carboxylic acids is 1. The maximum absolute atomic E-state index is 12.6. The van der Waals surface area contributed by atoms with E-state index in [1.165, 1.54) is 16.6 Å². The second kappa shape index (κ2) is 7.41. The molecule has 0 radical (unpaired) electrons. The van der Waals surface area contributed by atoms with Crippen LogP contribution in [0, 0.1) is 12.8 Å². The fraction of sp³-hybridized carbons (Fsp3) is 0.438. The van der Waals surface area contributed by atoms with Crippen molar-refractivity contribution in [3.05, 3.63) is 42.1 Å². The Morgan fingerprint density at radius 3 is 2.29 bits per heavy atom. The van der Waals surface area contributed by atoms with E-state index in [0.717, 1.165) is 5.56 Å². The lowest BCUT2D eigenvalue weighted by molar-refractivity contribution is -0.117. The lowest BCUT2D eigenvalue weighted by Gasteiger charge is -2.20. The van der Waals surface area contributed by atoms with Crippen molar-refractivity contribution in [3.8, 4) is 0 Å². The van der Waals surface area contributed by atoms with Crippen molar-refractivity contribution in [1.82, 2.24) is 4.31 Å². The van der Waals surface area contributed by atoms with Gasteiger partial charge in [-0.1, -0.05) is 38.5 Å². The Bertz CT molecular complexity index is 601. The van der Waals surface area contributed by atoms with Crippen LogP contribution in [0.4, 0.5) is 0 Å². The first-order valence-corrected chi connectivity index (χ1v) is 8.53. The predicted octanol–water partition coefficient (Wildman–Crippen LogP) is 3.13. The Labute approximate surface area is 127 Å². The number of nitrogens with zero attached hydrogens (tertiary/aromatic N) is 1. The molecule has 0 atom stereocenters. The van der Waals surface area contributed by atoms with Crippen LogP contribution in [0.5, 0.6) is 0 Å². The summed E-state index contributed by atoms with van der Waals surface area (Å²) in [7, 11) is -3.61. The van der Waals surface area contributed by atoms with E-state index >= 15 is 0 Å². The highest BCUT2D eigenvalue weighted by molar-refractivity contribution is 7.89. The number of carbonyl (C=O) groups is 1. The van der Waals surface area contributed by atoms with E-state index in [4.69, 9.17) is 0 Å². The van der Waals surface area contributed by atoms with Crippen molar-refractivity contribution in [2.75, 3.05) is 6.54 Å². The third-order valence-electron chi connectivity index (χ3n) is 3.05. The topological polar surface area (TPSA) is 54.5 Å². The van der Waals surface area contributed by atoms with Gasteiger partial charge < -0.3 is 0 Å². The van der Waals surface area contributed by atoms with E-state index in [-0.39, 0.29) is 16.6 Å². The number of ketones is 1. The Morgan fingerprint density at radius 1 is 1.24 bits per heavy atom. The molecule has 1 rings (SSSR count). The van der Waals surface area contributed by atoms with Gasteiger partial charge in [0.25, 0.3) is 10.0 Å². The molecule has 0 bridgehead atoms. The summed E-state index contributed by atoms with van der Waals surface area (Å²) in [5, 5.41) is 0. The van der Waals surface area contributed by atoms with Gasteiger partial charge in [0, 0.05) is 18.7 Å². The first-order valence-electron chi connectivity index (χ1n) is 7.09. The molecule has 116 valence electrons. The summed E-state index contributed by atoms with van der Waals surface area (Å²) in [6, 6.07) is 6.71. The average molecular weight is 309 g/mol. The standard InChI is InChI=1S/C16H23NO3S/c1-5-11-17(12-10-16(18)13(2)3)21(19,20)15-8-6-14(4)7-9-15/h6-10,12-13H,5,11H2,1-4H3/b12-10+. The van der Waals surface area contributed by atoms with E-state index in [2.05, 4.69) is 0 Å². The minimum absolute atomic E-state index is 0.0878. The Balaban J connectivity index is 3.08. The van der Waals surface area contributed by atoms with Crippen molar-refractivity contribution >= 4 is 15.8 Å². The van der Waals surface area contributed by atoms with Gasteiger partial charge in [-0.05, 0) is 31.6 Å². The van der Waals surface area contributed by atoms with E-state index in [1.807, 2.05) is 13.8 Å². The van der Waals surface area contributed by atoms with Crippen LogP contribution in [0.2, 0.25) is 0 Å². The predicted molar refractivity (Wildman–Crippen MR) is 84.3 cm³/mol. The van der Waals surface area contributed by atoms with Crippen LogP contribution < -0.4 is 0 Å². The molecule has 0 N–H and O–H groups in total. The molecule has 0 saturated carbocycles. The zero-order valence-electron chi connectivity index (χ0n) is 13.0. The highest BCUT2D eigenvalue weighted by Crippen LogP contribution is 2.17. The van der Waals surface area contributed by atoms with Gasteiger partial charge in [0.1, 0.15) is 0 Å². The van der Waals surface area contributed by atoms with Crippen LogP contribution in [0.3, 0.4) is 0 Å². The zero-order chi connectivity index (χ0) is 16.0. The number of allylic oxidation sites excluding steroid dienone is 1. The van der Waals surface area contributed by atoms with Gasteiger partial charge >= 0.3 is 0 Å². The summed E-state index contributed by atoms with van der Waals surface area (Å²) in [4.78, 5) is 11.9. The average Bonchev–Trinajstić information content (AvgIpc) is 2.43. The molecule has 21 heavy (non-hydrogen) atoms. The fourth-order valence-electron chi connectivity index (χ4n) is 1.69. The molecule has 5 heteroatoms. The summed E-state index contributed by atoms with van der Waals surface area (Å²) >= 11 is 0. The molecule has 0 amide bonds. The molecular weight excluding hydrogens is 286 g/mol. The fourth-order valence-corrected chi connectivity index (χ4v) is 3.08. The first kappa shape index (κ1) is 17.4. The van der Waals surface area contributed by atoms with Crippen molar-refractivity contribution in [1.29, 1.82) is 0 Å². The molecular formula is C16H23NO3S. The van der Waals surface area contributed by atoms with Gasteiger partial charge in [0.05, 0.1) is 4.90 Å². The molecule has 0 heterocycles. The number of rotatable bonds is 7. The molecule has 0 fully saturated rings. The largest absolute Gasteiger partial charge is 0.295 e. The number of hydrogen-bond acceptors (Lipinski definition) is 3. The summed E-state index contributed by atoms with van der Waals surface area (Å²) in [6.07, 6.45) is 3.39. The molecule has 1 aromatic rings. The molecule has 0 unspecified atom stereocenters. The van der Waals surface area contributed by atoms with E-state index < -0.39 is 10.0 Å². The lowest BCUT2D eigenvalue weighted by Crippen LogP contribution is -2.27. The van der Waals surface area contributed by atoms with Gasteiger partial charge in [0.15, 0.2) is 5.78 Å². The van der Waals surface area contributed by atoms with Crippen molar-refractivity contribution < 1.29 is 13.2 Å². The number of aryl methyl sites for hydroxylation is 1. The van der Waals surface area contributed by atoms with Crippen LogP contribution in [-0.2, 0) is 14.8 Å². The monoisotopic (exact) mass is 309 g/mol. The van der Waals surface area contributed by atoms with Crippen molar-refractivity contribution in [2.45, 2.75) is 39.0 Å². The van der Waals surface area contributed by atoms with Gasteiger partial charge in [-0.2, -0.15) is 0 Å². The summed E-state index contributed by atoms with van der Waals surface area (Å²) < 4.78 is 26.4. The first-order chi connectivity index (χ1) is 9.78. The highest BCUT2D eigenvalue weighted by atomic mass is 32.2. The molecule has 4 nitrogen and oxygen atoms in total. The molecule has 0 spiro atoms. The smallest absolute Gasteiger partial charge is 0.263 e. The maximum atomic E-state index is 12.6. The Kier molecular flexibility index (Phi) is 6.15. The second-order valence-electron chi connectivity index (χ2n) is 5.30. The third-order valence-corrected chi connectivity index (χ3v) is 4.84. The van der Waals surface area contributed by atoms with Crippen LogP contribution in [0.15, 0.2) is 41.4 Å². The highest BCUT2D eigenvalue weighted by Gasteiger charge is 2.20. The minimum atomic E-state index is -3.61. The lowest BCUT2D eigenvalue weighted by atomic mass is 10.1. The zero-order valence-corrected chi connectivity index (χ0v) is 13.9. The van der Waals surface area contributed by atoms with Gasteiger partial charge in [0.2, 0.25) is 0 Å². The molecule has 0 saturated heterocycles.